The van der Waals surface area contributed by atoms with Crippen LogP contribution in [-0.4, -0.2) is 30.8 Å². The molecule has 0 saturated heterocycles. The number of carbonyl (C=O) groups is 2. The van der Waals surface area contributed by atoms with Gasteiger partial charge < -0.3 is 10.2 Å². The van der Waals surface area contributed by atoms with Gasteiger partial charge in [0, 0.05) is 30.0 Å². The van der Waals surface area contributed by atoms with E-state index in [9.17, 15) is 9.59 Å². The molecule has 0 saturated carbocycles. The van der Waals surface area contributed by atoms with Crippen molar-refractivity contribution < 1.29 is 9.59 Å². The standard InChI is InChI=1S/C20H24N2O2S/c1-13-4-9-16-17(12-25-18(16)10-13)20(24)21-15-7-5-14(6-8-15)11-19(23)22(2)3/h5-8,12-13H,4,9-11H2,1-3H3,(H,21,24). The minimum Gasteiger partial charge on any atom is -0.349 e. The lowest BCUT2D eigenvalue weighted by Crippen LogP contribution is -2.23. The lowest BCUT2D eigenvalue weighted by molar-refractivity contribution is -0.127. The third-order valence-corrected chi connectivity index (χ3v) is 5.76. The lowest BCUT2D eigenvalue weighted by atomic mass is 9.88. The number of fused-ring (bicyclic) bond motifs is 1. The van der Waals surface area contributed by atoms with Gasteiger partial charge in [0.2, 0.25) is 5.91 Å². The minimum atomic E-state index is -0.0378. The van der Waals surface area contributed by atoms with E-state index in [4.69, 9.17) is 0 Å². The third kappa shape index (κ3) is 4.10. The normalized spacial score (nSPS) is 16.2. The second kappa shape index (κ2) is 7.40. The fourth-order valence-corrected chi connectivity index (χ4v) is 4.35. The van der Waals surface area contributed by atoms with Crippen molar-refractivity contribution in [3.05, 3.63) is 51.2 Å². The van der Waals surface area contributed by atoms with Crippen LogP contribution in [0.15, 0.2) is 29.6 Å². The maximum absolute atomic E-state index is 12.6. The van der Waals surface area contributed by atoms with Gasteiger partial charge in [-0.2, -0.15) is 0 Å². The van der Waals surface area contributed by atoms with Crippen molar-refractivity contribution in [3.8, 4) is 0 Å². The number of hydrogen-bond acceptors (Lipinski definition) is 3. The molecule has 0 fully saturated rings. The number of likely N-dealkylation sites (N-methyl/N-ethyl adjacent to an activating group) is 1. The van der Waals surface area contributed by atoms with Gasteiger partial charge >= 0.3 is 0 Å². The Morgan fingerprint density at radius 2 is 1.96 bits per heavy atom. The Bertz CT molecular complexity index is 777. The second-order valence-electron chi connectivity index (χ2n) is 7.02. The van der Waals surface area contributed by atoms with E-state index < -0.39 is 0 Å². The topological polar surface area (TPSA) is 49.4 Å². The Kier molecular flexibility index (Phi) is 5.23. The minimum absolute atomic E-state index is 0.0378. The molecule has 1 unspecified atom stereocenters. The predicted molar refractivity (Wildman–Crippen MR) is 102 cm³/mol. The number of carbonyl (C=O) groups excluding carboxylic acids is 2. The molecule has 2 aromatic rings. The van der Waals surface area contributed by atoms with E-state index in [0.29, 0.717) is 12.3 Å². The zero-order valence-electron chi connectivity index (χ0n) is 15.0. The van der Waals surface area contributed by atoms with E-state index in [1.165, 1.54) is 10.4 Å². The molecule has 1 aromatic heterocycles. The summed E-state index contributed by atoms with van der Waals surface area (Å²) in [7, 11) is 3.50. The number of amides is 2. The van der Waals surface area contributed by atoms with Crippen molar-refractivity contribution in [3.63, 3.8) is 0 Å². The highest BCUT2D eigenvalue weighted by Gasteiger charge is 2.23. The van der Waals surface area contributed by atoms with Crippen molar-refractivity contribution in [2.24, 2.45) is 5.92 Å². The van der Waals surface area contributed by atoms with Gasteiger partial charge in [-0.1, -0.05) is 19.1 Å². The van der Waals surface area contributed by atoms with E-state index in [0.717, 1.165) is 36.1 Å². The SMILES string of the molecule is CC1CCc2c(C(=O)Nc3ccc(CC(=O)N(C)C)cc3)csc2C1. The first-order chi connectivity index (χ1) is 11.9. The molecule has 4 nitrogen and oxygen atoms in total. The monoisotopic (exact) mass is 356 g/mol. The number of nitrogens with one attached hydrogen (secondary N) is 1. The summed E-state index contributed by atoms with van der Waals surface area (Å²) >= 11 is 1.70. The average molecular weight is 356 g/mol. The fraction of sp³-hybridized carbons (Fsp3) is 0.400. The molecule has 1 aliphatic carbocycles. The van der Waals surface area contributed by atoms with Gasteiger partial charge in [-0.15, -0.1) is 11.3 Å². The molecule has 3 rings (SSSR count). The van der Waals surface area contributed by atoms with Gasteiger partial charge in [0.05, 0.1) is 12.0 Å². The molecule has 0 radical (unpaired) electrons. The van der Waals surface area contributed by atoms with E-state index >= 15 is 0 Å². The number of rotatable bonds is 4. The highest BCUT2D eigenvalue weighted by atomic mass is 32.1. The van der Waals surface area contributed by atoms with Crippen LogP contribution in [0.25, 0.3) is 0 Å². The smallest absolute Gasteiger partial charge is 0.256 e. The second-order valence-corrected chi connectivity index (χ2v) is 7.98. The number of hydrogen-bond donors (Lipinski definition) is 1. The quantitative estimate of drug-likeness (QED) is 0.907. The number of thiophene rings is 1. The molecule has 1 aromatic carbocycles. The van der Waals surface area contributed by atoms with Crippen molar-refractivity contribution in [1.29, 1.82) is 0 Å². The Morgan fingerprint density at radius 1 is 1.24 bits per heavy atom. The van der Waals surface area contributed by atoms with Crippen molar-refractivity contribution in [2.75, 3.05) is 19.4 Å². The van der Waals surface area contributed by atoms with Gasteiger partial charge in [-0.05, 0) is 48.4 Å². The summed E-state index contributed by atoms with van der Waals surface area (Å²) in [5, 5.41) is 4.97. The number of benzene rings is 1. The van der Waals surface area contributed by atoms with Crippen LogP contribution in [-0.2, 0) is 24.1 Å². The molecule has 0 bridgehead atoms. The summed E-state index contributed by atoms with van der Waals surface area (Å²) in [6.07, 6.45) is 3.60. The molecular formula is C20H24N2O2S. The largest absolute Gasteiger partial charge is 0.349 e. The molecule has 132 valence electrons. The van der Waals surface area contributed by atoms with Gasteiger partial charge in [-0.25, -0.2) is 0 Å². The molecule has 1 heterocycles. The first-order valence-corrected chi connectivity index (χ1v) is 9.51. The number of nitrogens with zero attached hydrogens (tertiary/aromatic N) is 1. The van der Waals surface area contributed by atoms with Gasteiger partial charge in [0.15, 0.2) is 0 Å². The lowest BCUT2D eigenvalue weighted by Gasteiger charge is -2.18. The summed E-state index contributed by atoms with van der Waals surface area (Å²) in [5.41, 5.74) is 3.75. The van der Waals surface area contributed by atoms with Gasteiger partial charge in [0.1, 0.15) is 0 Å². The maximum atomic E-state index is 12.6. The van der Waals surface area contributed by atoms with Crippen LogP contribution in [0.4, 0.5) is 5.69 Å². The summed E-state index contributed by atoms with van der Waals surface area (Å²) in [5.74, 6) is 0.736. The molecular weight excluding hydrogens is 332 g/mol. The summed E-state index contributed by atoms with van der Waals surface area (Å²) in [6.45, 7) is 2.27. The molecule has 2 amide bonds. The molecule has 25 heavy (non-hydrogen) atoms. The third-order valence-electron chi connectivity index (χ3n) is 4.71. The van der Waals surface area contributed by atoms with Crippen LogP contribution in [0.1, 0.15) is 39.7 Å². The van der Waals surface area contributed by atoms with Crippen molar-refractivity contribution in [2.45, 2.75) is 32.6 Å². The number of anilines is 1. The molecule has 0 spiro atoms. The molecule has 1 atom stereocenters. The molecule has 1 N–H and O–H groups in total. The first kappa shape index (κ1) is 17.7. The van der Waals surface area contributed by atoms with Crippen LogP contribution < -0.4 is 5.32 Å². The highest BCUT2D eigenvalue weighted by Crippen LogP contribution is 2.33. The Hall–Kier alpha value is -2.14. The first-order valence-electron chi connectivity index (χ1n) is 8.63. The van der Waals surface area contributed by atoms with Crippen LogP contribution in [0.3, 0.4) is 0 Å². The summed E-state index contributed by atoms with van der Waals surface area (Å²) < 4.78 is 0. The predicted octanol–water partition coefficient (Wildman–Crippen LogP) is 3.76. The molecule has 1 aliphatic rings. The van der Waals surface area contributed by atoms with Crippen LogP contribution in [0.5, 0.6) is 0 Å². The maximum Gasteiger partial charge on any atom is 0.256 e. The van der Waals surface area contributed by atoms with Crippen molar-refractivity contribution in [1.82, 2.24) is 4.90 Å². The average Bonchev–Trinajstić information content (AvgIpc) is 2.99. The van der Waals surface area contributed by atoms with Gasteiger partial charge in [0.25, 0.3) is 5.91 Å². The fourth-order valence-electron chi connectivity index (χ4n) is 3.10. The molecule has 0 aliphatic heterocycles. The van der Waals surface area contributed by atoms with Crippen LogP contribution in [0, 0.1) is 5.92 Å². The Balaban J connectivity index is 1.67. The van der Waals surface area contributed by atoms with Gasteiger partial charge in [-0.3, -0.25) is 9.59 Å². The van der Waals surface area contributed by atoms with Crippen LogP contribution >= 0.6 is 11.3 Å². The van der Waals surface area contributed by atoms with Crippen molar-refractivity contribution >= 4 is 28.8 Å². The van der Waals surface area contributed by atoms with E-state index in [1.807, 2.05) is 29.6 Å². The zero-order chi connectivity index (χ0) is 18.0. The zero-order valence-corrected chi connectivity index (χ0v) is 15.8. The summed E-state index contributed by atoms with van der Waals surface area (Å²) in [4.78, 5) is 27.3. The van der Waals surface area contributed by atoms with E-state index in [1.54, 1.807) is 30.3 Å². The van der Waals surface area contributed by atoms with Crippen LogP contribution in [0.2, 0.25) is 0 Å². The Labute approximate surface area is 152 Å². The Morgan fingerprint density at radius 3 is 2.64 bits per heavy atom. The summed E-state index contributed by atoms with van der Waals surface area (Å²) in [6, 6.07) is 7.50. The highest BCUT2D eigenvalue weighted by molar-refractivity contribution is 7.10. The molecule has 5 heteroatoms. The van der Waals surface area contributed by atoms with E-state index in [-0.39, 0.29) is 11.8 Å². The van der Waals surface area contributed by atoms with E-state index in [2.05, 4.69) is 12.2 Å².